The van der Waals surface area contributed by atoms with E-state index in [9.17, 15) is 14.7 Å². The lowest BCUT2D eigenvalue weighted by Crippen LogP contribution is -2.45. The summed E-state index contributed by atoms with van der Waals surface area (Å²) in [4.78, 5) is 24.5. The zero-order chi connectivity index (χ0) is 27.6. The number of carbonyl (C=O) groups is 2. The van der Waals surface area contributed by atoms with Crippen LogP contribution in [-0.4, -0.2) is 54.6 Å². The third-order valence-electron chi connectivity index (χ3n) is 6.39. The number of anilines is 2. The van der Waals surface area contributed by atoms with Crippen molar-refractivity contribution in [1.29, 1.82) is 0 Å². The highest BCUT2D eigenvalue weighted by Crippen LogP contribution is 2.40. The van der Waals surface area contributed by atoms with Crippen LogP contribution < -0.4 is 24.4 Å². The van der Waals surface area contributed by atoms with Gasteiger partial charge in [-0.3, -0.25) is 4.79 Å². The number of rotatable bonds is 14. The van der Waals surface area contributed by atoms with Crippen molar-refractivity contribution in [1.82, 2.24) is 0 Å². The fourth-order valence-corrected chi connectivity index (χ4v) is 4.33. The Labute approximate surface area is 227 Å². The molecule has 1 atom stereocenters. The summed E-state index contributed by atoms with van der Waals surface area (Å²) in [5.74, 6) is 0.188. The summed E-state index contributed by atoms with van der Waals surface area (Å²) in [6.45, 7) is 4.23. The number of hydrogen-bond acceptors (Lipinski definition) is 7. The van der Waals surface area contributed by atoms with Crippen LogP contribution >= 0.6 is 0 Å². The van der Waals surface area contributed by atoms with Gasteiger partial charge < -0.3 is 34.6 Å². The second-order valence-corrected chi connectivity index (χ2v) is 9.36. The van der Waals surface area contributed by atoms with Gasteiger partial charge in [-0.1, -0.05) is 36.4 Å². The average molecular weight is 535 g/mol. The van der Waals surface area contributed by atoms with E-state index in [4.69, 9.17) is 19.3 Å². The third kappa shape index (κ3) is 7.80. The molecule has 4 rings (SSSR count). The first-order valence-corrected chi connectivity index (χ1v) is 13.0. The number of benzene rings is 3. The highest BCUT2D eigenvalue weighted by atomic mass is 16.5. The molecule has 0 aromatic heterocycles. The predicted octanol–water partition coefficient (Wildman–Crippen LogP) is 4.97. The number of nitrogens with zero attached hydrogens (tertiary/aromatic N) is 1. The Morgan fingerprint density at radius 1 is 0.974 bits per heavy atom. The van der Waals surface area contributed by atoms with E-state index in [0.717, 1.165) is 34.7 Å². The SMILES string of the molecule is Cc1ccccc1OCCCOc1ccc(CNc2cccc3c2OC(C(=O)O)CN3CCCC(=O)O)cc1. The Morgan fingerprint density at radius 3 is 2.49 bits per heavy atom. The van der Waals surface area contributed by atoms with Crippen molar-refractivity contribution in [3.8, 4) is 17.2 Å². The summed E-state index contributed by atoms with van der Waals surface area (Å²) in [6, 6.07) is 21.3. The molecule has 0 radical (unpaired) electrons. The molecule has 1 unspecified atom stereocenters. The minimum Gasteiger partial charge on any atom is -0.493 e. The van der Waals surface area contributed by atoms with Gasteiger partial charge in [0.05, 0.1) is 31.1 Å². The molecule has 3 aromatic carbocycles. The lowest BCUT2D eigenvalue weighted by Gasteiger charge is -2.35. The van der Waals surface area contributed by atoms with Crippen LogP contribution in [0.25, 0.3) is 0 Å². The molecular formula is C30H34N2O7. The van der Waals surface area contributed by atoms with Crippen LogP contribution in [0.15, 0.2) is 66.7 Å². The number of para-hydroxylation sites is 2. The van der Waals surface area contributed by atoms with E-state index in [-0.39, 0.29) is 13.0 Å². The quantitative estimate of drug-likeness (QED) is 0.246. The number of carboxylic acids is 2. The molecule has 0 amide bonds. The van der Waals surface area contributed by atoms with Crippen molar-refractivity contribution in [3.63, 3.8) is 0 Å². The van der Waals surface area contributed by atoms with Gasteiger partial charge in [0.2, 0.25) is 6.10 Å². The van der Waals surface area contributed by atoms with Crippen molar-refractivity contribution < 1.29 is 34.0 Å². The Kier molecular flexibility index (Phi) is 9.50. The fraction of sp³-hybridized carbons (Fsp3) is 0.333. The lowest BCUT2D eigenvalue weighted by atomic mass is 10.1. The first kappa shape index (κ1) is 27.6. The van der Waals surface area contributed by atoms with Gasteiger partial charge in [-0.15, -0.1) is 0 Å². The molecule has 0 saturated heterocycles. The van der Waals surface area contributed by atoms with Crippen molar-refractivity contribution in [2.75, 3.05) is 36.5 Å². The molecule has 0 saturated carbocycles. The Balaban J connectivity index is 1.30. The molecule has 1 aliphatic rings. The van der Waals surface area contributed by atoms with E-state index < -0.39 is 18.0 Å². The number of aryl methyl sites for hydroxylation is 1. The molecule has 3 N–H and O–H groups in total. The summed E-state index contributed by atoms with van der Waals surface area (Å²) >= 11 is 0. The Hall–Kier alpha value is -4.40. The maximum Gasteiger partial charge on any atom is 0.346 e. The number of ether oxygens (including phenoxy) is 3. The standard InChI is InChI=1S/C30H34N2O7/c1-21-7-2-3-10-26(21)38-18-6-17-37-23-14-12-22(13-15-23)19-31-24-8-4-9-25-29(24)39-27(30(35)36)20-32(25)16-5-11-28(33)34/h2-4,7-10,12-15,27,31H,5-6,11,16-20H2,1H3,(H,33,34)(H,35,36). The Bertz CT molecular complexity index is 1260. The summed E-state index contributed by atoms with van der Waals surface area (Å²) in [6.07, 6.45) is 0.154. The summed E-state index contributed by atoms with van der Waals surface area (Å²) < 4.78 is 17.5. The number of aliphatic carboxylic acids is 2. The van der Waals surface area contributed by atoms with Crippen molar-refractivity contribution >= 4 is 23.3 Å². The first-order valence-electron chi connectivity index (χ1n) is 13.0. The average Bonchev–Trinajstić information content (AvgIpc) is 2.93. The first-order chi connectivity index (χ1) is 18.9. The number of nitrogens with one attached hydrogen (secondary N) is 1. The highest BCUT2D eigenvalue weighted by molar-refractivity contribution is 5.80. The minimum atomic E-state index is -1.06. The maximum absolute atomic E-state index is 11.7. The topological polar surface area (TPSA) is 118 Å². The molecule has 0 aliphatic carbocycles. The lowest BCUT2D eigenvalue weighted by molar-refractivity contribution is -0.145. The van der Waals surface area contributed by atoms with Gasteiger partial charge in [-0.05, 0) is 54.8 Å². The molecule has 39 heavy (non-hydrogen) atoms. The van der Waals surface area contributed by atoms with Crippen LogP contribution in [0.5, 0.6) is 17.2 Å². The zero-order valence-electron chi connectivity index (χ0n) is 22.0. The molecule has 0 fully saturated rings. The normalized spacial score (nSPS) is 14.2. The molecule has 0 spiro atoms. The monoisotopic (exact) mass is 534 g/mol. The summed E-state index contributed by atoms with van der Waals surface area (Å²) in [5, 5.41) is 21.9. The second kappa shape index (κ2) is 13.4. The van der Waals surface area contributed by atoms with Gasteiger partial charge in [-0.2, -0.15) is 0 Å². The largest absolute Gasteiger partial charge is 0.493 e. The molecule has 1 heterocycles. The van der Waals surface area contributed by atoms with E-state index in [1.165, 1.54) is 0 Å². The van der Waals surface area contributed by atoms with E-state index in [2.05, 4.69) is 5.32 Å². The predicted molar refractivity (Wildman–Crippen MR) is 148 cm³/mol. The molecule has 3 aromatic rings. The van der Waals surface area contributed by atoms with Crippen LogP contribution in [0.2, 0.25) is 0 Å². The van der Waals surface area contributed by atoms with Crippen LogP contribution in [-0.2, 0) is 16.1 Å². The van der Waals surface area contributed by atoms with Crippen LogP contribution in [0, 0.1) is 6.92 Å². The van der Waals surface area contributed by atoms with Crippen molar-refractivity contribution in [2.45, 2.75) is 38.8 Å². The molecule has 1 aliphatic heterocycles. The van der Waals surface area contributed by atoms with Gasteiger partial charge in [0.1, 0.15) is 11.5 Å². The van der Waals surface area contributed by atoms with Gasteiger partial charge in [0.15, 0.2) is 5.75 Å². The molecule has 206 valence electrons. The summed E-state index contributed by atoms with van der Waals surface area (Å²) in [7, 11) is 0. The van der Waals surface area contributed by atoms with Crippen molar-refractivity contribution in [3.05, 3.63) is 77.9 Å². The van der Waals surface area contributed by atoms with E-state index in [1.54, 1.807) is 0 Å². The van der Waals surface area contributed by atoms with Crippen molar-refractivity contribution in [2.24, 2.45) is 0 Å². The number of carboxylic acid groups (broad SMARTS) is 2. The van der Waals surface area contributed by atoms with Crippen LogP contribution in [0.1, 0.15) is 30.4 Å². The fourth-order valence-electron chi connectivity index (χ4n) is 4.33. The van der Waals surface area contributed by atoms with Crippen LogP contribution in [0.4, 0.5) is 11.4 Å². The van der Waals surface area contributed by atoms with E-state index >= 15 is 0 Å². The molecule has 0 bridgehead atoms. The molecular weight excluding hydrogens is 500 g/mol. The van der Waals surface area contributed by atoms with Crippen LogP contribution in [0.3, 0.4) is 0 Å². The molecule has 9 heteroatoms. The zero-order valence-corrected chi connectivity index (χ0v) is 22.0. The number of hydrogen-bond donors (Lipinski definition) is 3. The second-order valence-electron chi connectivity index (χ2n) is 9.36. The van der Waals surface area contributed by atoms with Gasteiger partial charge in [-0.25, -0.2) is 4.79 Å². The highest BCUT2D eigenvalue weighted by Gasteiger charge is 2.32. The Morgan fingerprint density at radius 2 is 1.74 bits per heavy atom. The molecule has 9 nitrogen and oxygen atoms in total. The summed E-state index contributed by atoms with van der Waals surface area (Å²) in [5.41, 5.74) is 3.56. The minimum absolute atomic E-state index is 0.0171. The van der Waals surface area contributed by atoms with E-state index in [0.29, 0.717) is 44.2 Å². The maximum atomic E-state index is 11.7. The van der Waals surface area contributed by atoms with Gasteiger partial charge in [0, 0.05) is 25.9 Å². The smallest absolute Gasteiger partial charge is 0.346 e. The number of fused-ring (bicyclic) bond motifs is 1. The third-order valence-corrected chi connectivity index (χ3v) is 6.39. The van der Waals surface area contributed by atoms with Gasteiger partial charge >= 0.3 is 11.9 Å². The van der Waals surface area contributed by atoms with Gasteiger partial charge in [0.25, 0.3) is 0 Å². The van der Waals surface area contributed by atoms with E-state index in [1.807, 2.05) is 78.6 Å².